The molecule has 0 saturated heterocycles. The Hall–Kier alpha value is -2.08. The van der Waals surface area contributed by atoms with Crippen LogP contribution in [0.1, 0.15) is 36.0 Å². The molecule has 1 aromatic heterocycles. The van der Waals surface area contributed by atoms with Gasteiger partial charge in [-0.3, -0.25) is 4.99 Å². The summed E-state index contributed by atoms with van der Waals surface area (Å²) in [5.74, 6) is 2.15. The molecule has 1 aromatic carbocycles. The molecule has 0 amide bonds. The van der Waals surface area contributed by atoms with E-state index in [0.717, 1.165) is 35.4 Å². The second-order valence-corrected chi connectivity index (χ2v) is 6.72. The molecular weight excluding hydrogens is 320 g/mol. The highest BCUT2D eigenvalue weighted by Crippen LogP contribution is 2.17. The van der Waals surface area contributed by atoms with Gasteiger partial charge in [-0.15, -0.1) is 11.3 Å². The van der Waals surface area contributed by atoms with E-state index in [1.54, 1.807) is 25.5 Å². The van der Waals surface area contributed by atoms with Crippen LogP contribution in [-0.2, 0) is 13.0 Å². The predicted octanol–water partition coefficient (Wildman–Crippen LogP) is 3.18. The average Bonchev–Trinajstić information content (AvgIpc) is 3.07. The lowest BCUT2D eigenvalue weighted by Crippen LogP contribution is -2.37. The Kier molecular flexibility index (Phi) is 7.06. The van der Waals surface area contributed by atoms with Crippen molar-refractivity contribution in [2.45, 2.75) is 32.7 Å². The zero-order valence-corrected chi connectivity index (χ0v) is 15.6. The second-order valence-electron chi connectivity index (χ2n) is 5.77. The first-order valence-corrected chi connectivity index (χ1v) is 9.02. The Labute approximate surface area is 148 Å². The molecule has 2 N–H and O–H groups in total. The van der Waals surface area contributed by atoms with Crippen LogP contribution < -0.4 is 15.4 Å². The fraction of sp³-hybridized carbons (Fsp3) is 0.444. The summed E-state index contributed by atoms with van der Waals surface area (Å²) in [4.78, 5) is 8.88. The third-order valence-corrected chi connectivity index (χ3v) is 4.50. The van der Waals surface area contributed by atoms with E-state index in [9.17, 15) is 0 Å². The maximum absolute atomic E-state index is 5.25. The molecule has 0 fully saturated rings. The van der Waals surface area contributed by atoms with Crippen molar-refractivity contribution in [1.29, 1.82) is 0 Å². The molecule has 5 nitrogen and oxygen atoms in total. The van der Waals surface area contributed by atoms with Crippen LogP contribution in [0.3, 0.4) is 0 Å². The Bertz CT molecular complexity index is 667. The summed E-state index contributed by atoms with van der Waals surface area (Å²) in [7, 11) is 3.47. The number of methoxy groups -OCH3 is 1. The molecule has 24 heavy (non-hydrogen) atoms. The van der Waals surface area contributed by atoms with Gasteiger partial charge in [0.25, 0.3) is 0 Å². The highest BCUT2D eigenvalue weighted by molar-refractivity contribution is 7.09. The molecule has 0 saturated carbocycles. The van der Waals surface area contributed by atoms with Crippen molar-refractivity contribution in [2.75, 3.05) is 20.7 Å². The first-order chi connectivity index (χ1) is 11.6. The lowest BCUT2D eigenvalue weighted by molar-refractivity contribution is 0.414. The zero-order chi connectivity index (χ0) is 17.4. The van der Waals surface area contributed by atoms with Gasteiger partial charge in [-0.05, 0) is 30.0 Å². The minimum atomic E-state index is 0.468. The first-order valence-electron chi connectivity index (χ1n) is 8.14. The minimum Gasteiger partial charge on any atom is -0.497 e. The predicted molar refractivity (Wildman–Crippen MR) is 101 cm³/mol. The van der Waals surface area contributed by atoms with E-state index in [1.807, 2.05) is 12.1 Å². The summed E-state index contributed by atoms with van der Waals surface area (Å²) in [5, 5.41) is 9.84. The van der Waals surface area contributed by atoms with Gasteiger partial charge in [0, 0.05) is 19.0 Å². The van der Waals surface area contributed by atoms with Gasteiger partial charge in [-0.25, -0.2) is 4.98 Å². The number of ether oxygens (including phenoxy) is 1. The van der Waals surface area contributed by atoms with Gasteiger partial charge in [0.1, 0.15) is 10.8 Å². The van der Waals surface area contributed by atoms with Crippen LogP contribution >= 0.6 is 11.3 Å². The highest BCUT2D eigenvalue weighted by Gasteiger charge is 2.06. The van der Waals surface area contributed by atoms with Gasteiger partial charge in [-0.2, -0.15) is 0 Å². The van der Waals surface area contributed by atoms with Gasteiger partial charge >= 0.3 is 0 Å². The molecule has 0 bridgehead atoms. The van der Waals surface area contributed by atoms with Gasteiger partial charge < -0.3 is 15.4 Å². The Balaban J connectivity index is 1.77. The molecule has 0 aliphatic carbocycles. The maximum atomic E-state index is 5.25. The van der Waals surface area contributed by atoms with Crippen LogP contribution in [0.5, 0.6) is 5.75 Å². The number of nitrogens with zero attached hydrogens (tertiary/aromatic N) is 2. The van der Waals surface area contributed by atoms with Crippen molar-refractivity contribution < 1.29 is 4.74 Å². The van der Waals surface area contributed by atoms with Gasteiger partial charge in [-0.1, -0.05) is 26.0 Å². The van der Waals surface area contributed by atoms with Crippen LogP contribution in [-0.4, -0.2) is 31.6 Å². The summed E-state index contributed by atoms with van der Waals surface area (Å²) < 4.78 is 5.25. The second kappa shape index (κ2) is 9.27. The molecule has 2 rings (SSSR count). The van der Waals surface area contributed by atoms with Crippen molar-refractivity contribution >= 4 is 17.3 Å². The number of thiazole rings is 1. The van der Waals surface area contributed by atoms with E-state index < -0.39 is 0 Å². The Morgan fingerprint density at radius 1 is 1.33 bits per heavy atom. The van der Waals surface area contributed by atoms with Crippen LogP contribution in [0.4, 0.5) is 0 Å². The van der Waals surface area contributed by atoms with Gasteiger partial charge in [0.2, 0.25) is 0 Å². The molecule has 0 aliphatic rings. The standard InChI is InChI=1S/C18H26N4OS/c1-13(2)16-12-24-17(22-16)11-21-18(19-3)20-9-8-14-6-5-7-15(10-14)23-4/h5-7,10,12-13H,8-9,11H2,1-4H3,(H2,19,20,21). The lowest BCUT2D eigenvalue weighted by Gasteiger charge is -2.11. The topological polar surface area (TPSA) is 58.5 Å². The van der Waals surface area contributed by atoms with E-state index in [1.165, 1.54) is 5.56 Å². The Morgan fingerprint density at radius 2 is 2.17 bits per heavy atom. The van der Waals surface area contributed by atoms with Gasteiger partial charge in [0.05, 0.1) is 19.3 Å². The summed E-state index contributed by atoms with van der Waals surface area (Å²) in [6.07, 6.45) is 0.909. The highest BCUT2D eigenvalue weighted by atomic mass is 32.1. The number of nitrogens with one attached hydrogen (secondary N) is 2. The normalized spacial score (nSPS) is 11.6. The minimum absolute atomic E-state index is 0.468. The summed E-state index contributed by atoms with van der Waals surface area (Å²) >= 11 is 1.68. The fourth-order valence-corrected chi connectivity index (χ4v) is 3.10. The Morgan fingerprint density at radius 3 is 2.83 bits per heavy atom. The third kappa shape index (κ3) is 5.53. The van der Waals surface area contributed by atoms with E-state index in [2.05, 4.69) is 52.0 Å². The van der Waals surface area contributed by atoms with Crippen molar-refractivity contribution in [3.05, 3.63) is 45.9 Å². The quantitative estimate of drug-likeness (QED) is 0.597. The number of aromatic nitrogens is 1. The zero-order valence-electron chi connectivity index (χ0n) is 14.8. The van der Waals surface area contributed by atoms with E-state index in [0.29, 0.717) is 12.5 Å². The van der Waals surface area contributed by atoms with E-state index in [4.69, 9.17) is 4.74 Å². The van der Waals surface area contributed by atoms with Crippen LogP contribution in [0.25, 0.3) is 0 Å². The summed E-state index contributed by atoms with van der Waals surface area (Å²) in [5.41, 5.74) is 2.39. The molecular formula is C18H26N4OS. The number of hydrogen-bond donors (Lipinski definition) is 2. The number of aliphatic imine (C=N–C) groups is 1. The monoisotopic (exact) mass is 346 g/mol. The summed E-state index contributed by atoms with van der Waals surface area (Å²) in [6.45, 7) is 5.81. The van der Waals surface area contributed by atoms with Crippen molar-refractivity contribution in [2.24, 2.45) is 4.99 Å². The molecule has 2 aromatic rings. The molecule has 0 spiro atoms. The molecule has 0 atom stereocenters. The number of hydrogen-bond acceptors (Lipinski definition) is 4. The SMILES string of the molecule is CN=C(NCCc1cccc(OC)c1)NCc1nc(C(C)C)cs1. The van der Waals surface area contributed by atoms with Crippen molar-refractivity contribution in [3.63, 3.8) is 0 Å². The number of rotatable bonds is 7. The van der Waals surface area contributed by atoms with E-state index in [-0.39, 0.29) is 0 Å². The van der Waals surface area contributed by atoms with Crippen LogP contribution in [0.2, 0.25) is 0 Å². The number of guanidine groups is 1. The molecule has 6 heteroatoms. The smallest absolute Gasteiger partial charge is 0.191 e. The molecule has 1 heterocycles. The first kappa shape index (κ1) is 18.3. The van der Waals surface area contributed by atoms with E-state index >= 15 is 0 Å². The average molecular weight is 347 g/mol. The van der Waals surface area contributed by atoms with Crippen molar-refractivity contribution in [3.8, 4) is 5.75 Å². The third-order valence-electron chi connectivity index (χ3n) is 3.63. The van der Waals surface area contributed by atoms with Crippen LogP contribution in [0, 0.1) is 0 Å². The molecule has 0 aliphatic heterocycles. The molecule has 0 radical (unpaired) electrons. The summed E-state index contributed by atoms with van der Waals surface area (Å²) in [6, 6.07) is 8.12. The van der Waals surface area contributed by atoms with Crippen molar-refractivity contribution in [1.82, 2.24) is 15.6 Å². The fourth-order valence-electron chi connectivity index (χ4n) is 2.20. The maximum Gasteiger partial charge on any atom is 0.191 e. The van der Waals surface area contributed by atoms with Crippen LogP contribution in [0.15, 0.2) is 34.6 Å². The van der Waals surface area contributed by atoms with Gasteiger partial charge in [0.15, 0.2) is 5.96 Å². The lowest BCUT2D eigenvalue weighted by atomic mass is 10.1. The molecule has 130 valence electrons. The number of benzene rings is 1. The molecule has 0 unspecified atom stereocenters. The largest absolute Gasteiger partial charge is 0.497 e.